The van der Waals surface area contributed by atoms with E-state index in [1.54, 1.807) is 17.4 Å². The van der Waals surface area contributed by atoms with Gasteiger partial charge in [0.15, 0.2) is 5.82 Å². The Kier molecular flexibility index (Phi) is 5.36. The zero-order valence-corrected chi connectivity index (χ0v) is 19.0. The minimum absolute atomic E-state index is 0.415. The molecule has 0 saturated heterocycles. The number of aromatic nitrogens is 2. The van der Waals surface area contributed by atoms with Crippen molar-refractivity contribution in [1.29, 1.82) is 0 Å². The molecule has 3 heterocycles. The molecule has 5 rings (SSSR count). The van der Waals surface area contributed by atoms with E-state index in [-0.39, 0.29) is 0 Å². The van der Waals surface area contributed by atoms with Crippen LogP contribution in [0.5, 0.6) is 0 Å². The maximum Gasteiger partial charge on any atom is 0.250 e. The molecule has 1 aliphatic rings. The van der Waals surface area contributed by atoms with Crippen molar-refractivity contribution < 1.29 is 4.79 Å². The molecule has 0 aliphatic carbocycles. The summed E-state index contributed by atoms with van der Waals surface area (Å²) in [5, 5.41) is 4.54. The van der Waals surface area contributed by atoms with E-state index in [1.807, 2.05) is 30.3 Å². The molecule has 0 atom stereocenters. The third-order valence-corrected chi connectivity index (χ3v) is 7.09. The fourth-order valence-corrected chi connectivity index (χ4v) is 5.48. The quantitative estimate of drug-likeness (QED) is 0.479. The summed E-state index contributed by atoms with van der Waals surface area (Å²) in [6, 6.07) is 16.0. The summed E-state index contributed by atoms with van der Waals surface area (Å²) < 4.78 is 0.893. The smallest absolute Gasteiger partial charge is 0.250 e. The molecular weight excluding hydrogens is 418 g/mol. The second kappa shape index (κ2) is 8.33. The lowest BCUT2D eigenvalue weighted by atomic mass is 10.0. The lowest BCUT2D eigenvalue weighted by molar-refractivity contribution is 0.100. The van der Waals surface area contributed by atoms with Crippen LogP contribution >= 0.6 is 11.3 Å². The zero-order chi connectivity index (χ0) is 22.2. The van der Waals surface area contributed by atoms with Crippen molar-refractivity contribution in [2.75, 3.05) is 18.9 Å². The molecule has 1 amide bonds. The summed E-state index contributed by atoms with van der Waals surface area (Å²) in [5.74, 6) is 1.17. The number of rotatable bonds is 5. The SMILES string of the molecule is Cc1sc2c(C(N)=O)cccc2c1-c1nc2c(c(NCc3ccccc3)n1)CCN(C)C2. The van der Waals surface area contributed by atoms with Gasteiger partial charge in [-0.15, -0.1) is 11.3 Å². The molecule has 0 radical (unpaired) electrons. The van der Waals surface area contributed by atoms with Crippen LogP contribution in [0.4, 0.5) is 5.82 Å². The number of carbonyl (C=O) groups is 1. The molecule has 0 fully saturated rings. The molecule has 0 unspecified atom stereocenters. The van der Waals surface area contributed by atoms with Crippen LogP contribution in [-0.2, 0) is 19.5 Å². The second-order valence-corrected chi connectivity index (χ2v) is 9.45. The average Bonchev–Trinajstić information content (AvgIpc) is 3.13. The third kappa shape index (κ3) is 3.74. The molecular formula is C25H25N5OS. The molecule has 32 heavy (non-hydrogen) atoms. The Bertz CT molecular complexity index is 1320. The van der Waals surface area contributed by atoms with E-state index in [1.165, 1.54) is 11.1 Å². The molecule has 0 saturated carbocycles. The first-order chi connectivity index (χ1) is 15.5. The van der Waals surface area contributed by atoms with E-state index in [4.69, 9.17) is 15.7 Å². The summed E-state index contributed by atoms with van der Waals surface area (Å²) in [4.78, 5) is 25.3. The van der Waals surface area contributed by atoms with Crippen molar-refractivity contribution in [3.8, 4) is 11.4 Å². The Morgan fingerprint density at radius 2 is 1.97 bits per heavy atom. The normalized spacial score (nSPS) is 13.8. The van der Waals surface area contributed by atoms with E-state index in [2.05, 4.69) is 36.3 Å². The van der Waals surface area contributed by atoms with Crippen molar-refractivity contribution in [2.45, 2.75) is 26.4 Å². The highest BCUT2D eigenvalue weighted by Gasteiger charge is 2.24. The van der Waals surface area contributed by atoms with Gasteiger partial charge in [0.05, 0.1) is 11.3 Å². The van der Waals surface area contributed by atoms with Gasteiger partial charge in [0.2, 0.25) is 5.91 Å². The summed E-state index contributed by atoms with van der Waals surface area (Å²) in [6.07, 6.45) is 0.915. The number of likely N-dealkylation sites (N-methyl/N-ethyl adjacent to an activating group) is 1. The van der Waals surface area contributed by atoms with Gasteiger partial charge in [-0.2, -0.15) is 0 Å². The van der Waals surface area contributed by atoms with E-state index in [9.17, 15) is 4.79 Å². The van der Waals surface area contributed by atoms with Crippen molar-refractivity contribution in [3.05, 3.63) is 75.8 Å². The van der Waals surface area contributed by atoms with Gasteiger partial charge in [-0.25, -0.2) is 9.97 Å². The Hall–Kier alpha value is -3.29. The maximum atomic E-state index is 12.0. The summed E-state index contributed by atoms with van der Waals surface area (Å²) in [7, 11) is 2.12. The number of hydrogen-bond acceptors (Lipinski definition) is 6. The van der Waals surface area contributed by atoms with Gasteiger partial charge in [0.1, 0.15) is 5.82 Å². The monoisotopic (exact) mass is 443 g/mol. The standard InChI is InChI=1S/C25H25N5OS/c1-15-21(18-9-6-10-19(23(26)31)22(18)32-15)25-28-20-14-30(2)12-11-17(20)24(29-25)27-13-16-7-4-3-5-8-16/h3-10H,11-14H2,1-2H3,(H2,26,31)(H,27,28,29). The first kappa shape index (κ1) is 20.6. The third-order valence-electron chi connectivity index (χ3n) is 5.94. The van der Waals surface area contributed by atoms with Crippen LogP contribution in [-0.4, -0.2) is 34.4 Å². The lowest BCUT2D eigenvalue weighted by Gasteiger charge is -2.26. The number of amides is 1. The highest BCUT2D eigenvalue weighted by atomic mass is 32.1. The molecule has 0 bridgehead atoms. The highest BCUT2D eigenvalue weighted by molar-refractivity contribution is 7.20. The minimum atomic E-state index is -0.415. The van der Waals surface area contributed by atoms with Gasteiger partial charge < -0.3 is 16.0 Å². The van der Waals surface area contributed by atoms with E-state index in [0.29, 0.717) is 17.9 Å². The number of primary amides is 1. The van der Waals surface area contributed by atoms with Crippen LogP contribution < -0.4 is 11.1 Å². The molecule has 7 heteroatoms. The zero-order valence-electron chi connectivity index (χ0n) is 18.2. The van der Waals surface area contributed by atoms with Gasteiger partial charge in [-0.1, -0.05) is 42.5 Å². The van der Waals surface area contributed by atoms with Crippen molar-refractivity contribution in [3.63, 3.8) is 0 Å². The predicted molar refractivity (Wildman–Crippen MR) is 130 cm³/mol. The molecule has 3 N–H and O–H groups in total. The molecule has 162 valence electrons. The van der Waals surface area contributed by atoms with Gasteiger partial charge in [-0.05, 0) is 32.0 Å². The molecule has 0 spiro atoms. The topological polar surface area (TPSA) is 84.1 Å². The number of nitrogens with one attached hydrogen (secondary N) is 1. The van der Waals surface area contributed by atoms with Gasteiger partial charge in [0.25, 0.3) is 0 Å². The minimum Gasteiger partial charge on any atom is -0.366 e. The molecule has 4 aromatic rings. The number of fused-ring (bicyclic) bond motifs is 2. The Balaban J connectivity index is 1.63. The number of hydrogen-bond donors (Lipinski definition) is 2. The number of thiophene rings is 1. The fraction of sp³-hybridized carbons (Fsp3) is 0.240. The summed E-state index contributed by atoms with van der Waals surface area (Å²) in [6.45, 7) is 4.53. The number of carbonyl (C=O) groups excluding carboxylic acids is 1. The Morgan fingerprint density at radius 3 is 2.75 bits per heavy atom. The molecule has 2 aromatic carbocycles. The molecule has 1 aliphatic heterocycles. The second-order valence-electron chi connectivity index (χ2n) is 8.23. The number of benzene rings is 2. The number of aryl methyl sites for hydroxylation is 1. The first-order valence-corrected chi connectivity index (χ1v) is 11.5. The van der Waals surface area contributed by atoms with Crippen LogP contribution in [0, 0.1) is 6.92 Å². The summed E-state index contributed by atoms with van der Waals surface area (Å²) in [5.41, 5.74) is 10.6. The number of nitrogens with two attached hydrogens (primary N) is 1. The first-order valence-electron chi connectivity index (χ1n) is 10.7. The van der Waals surface area contributed by atoms with E-state index < -0.39 is 5.91 Å². The van der Waals surface area contributed by atoms with Crippen molar-refractivity contribution in [2.24, 2.45) is 5.73 Å². The number of nitrogens with zero attached hydrogens (tertiary/aromatic N) is 3. The predicted octanol–water partition coefficient (Wildman–Crippen LogP) is 4.37. The van der Waals surface area contributed by atoms with Crippen molar-refractivity contribution >= 4 is 33.1 Å². The van der Waals surface area contributed by atoms with Gasteiger partial charge >= 0.3 is 0 Å². The summed E-state index contributed by atoms with van der Waals surface area (Å²) >= 11 is 1.57. The largest absolute Gasteiger partial charge is 0.366 e. The average molecular weight is 444 g/mol. The fourth-order valence-electron chi connectivity index (χ4n) is 4.31. The highest BCUT2D eigenvalue weighted by Crippen LogP contribution is 2.39. The number of anilines is 1. The Morgan fingerprint density at radius 1 is 1.16 bits per heavy atom. The van der Waals surface area contributed by atoms with Gasteiger partial charge in [0, 0.05) is 45.7 Å². The molecule has 2 aromatic heterocycles. The van der Waals surface area contributed by atoms with E-state index >= 15 is 0 Å². The van der Waals surface area contributed by atoms with Crippen molar-refractivity contribution in [1.82, 2.24) is 14.9 Å². The van der Waals surface area contributed by atoms with Crippen LogP contribution in [0.1, 0.15) is 32.1 Å². The molecule has 6 nitrogen and oxygen atoms in total. The van der Waals surface area contributed by atoms with Gasteiger partial charge in [-0.3, -0.25) is 4.79 Å². The van der Waals surface area contributed by atoms with Crippen LogP contribution in [0.3, 0.4) is 0 Å². The lowest BCUT2D eigenvalue weighted by Crippen LogP contribution is -2.29. The van der Waals surface area contributed by atoms with Crippen LogP contribution in [0.15, 0.2) is 48.5 Å². The maximum absolute atomic E-state index is 12.0. The van der Waals surface area contributed by atoms with Crippen LogP contribution in [0.2, 0.25) is 0 Å². The van der Waals surface area contributed by atoms with E-state index in [0.717, 1.165) is 51.5 Å². The Labute approximate surface area is 191 Å². The van der Waals surface area contributed by atoms with Crippen LogP contribution in [0.25, 0.3) is 21.5 Å².